The first kappa shape index (κ1) is 36.0. The summed E-state index contributed by atoms with van der Waals surface area (Å²) in [7, 11) is 1.79. The number of likely N-dealkylation sites (tertiary alicyclic amines) is 2. The van der Waals surface area contributed by atoms with Crippen LogP contribution in [-0.2, 0) is 36.0 Å². The summed E-state index contributed by atoms with van der Waals surface area (Å²) in [5.41, 5.74) is 4.98. The number of benzene rings is 1. The largest absolute Gasteiger partial charge is 0.444 e. The minimum atomic E-state index is -2.64. The van der Waals surface area contributed by atoms with E-state index in [1.807, 2.05) is 36.6 Å². The number of anilines is 2. The predicted molar refractivity (Wildman–Crippen MR) is 198 cm³/mol. The Kier molecular flexibility index (Phi) is 9.30. The molecule has 1 spiro atoms. The van der Waals surface area contributed by atoms with E-state index < -0.39 is 12.0 Å². The summed E-state index contributed by atoms with van der Waals surface area (Å²) in [6.07, 6.45) is 8.33. The highest BCUT2D eigenvalue weighted by molar-refractivity contribution is 5.78. The second-order valence-corrected chi connectivity index (χ2v) is 17.2. The average Bonchev–Trinajstić information content (AvgIpc) is 3.57. The highest BCUT2D eigenvalue weighted by Crippen LogP contribution is 2.56. The molecule has 0 bridgehead atoms. The second-order valence-electron chi connectivity index (χ2n) is 17.2. The quantitative estimate of drug-likeness (QED) is 0.273. The summed E-state index contributed by atoms with van der Waals surface area (Å²) >= 11 is 0. The second kappa shape index (κ2) is 13.7. The van der Waals surface area contributed by atoms with E-state index >= 15 is 0 Å². The lowest BCUT2D eigenvalue weighted by molar-refractivity contribution is -0.129. The van der Waals surface area contributed by atoms with Crippen molar-refractivity contribution in [3.8, 4) is 11.1 Å². The van der Waals surface area contributed by atoms with E-state index in [1.165, 1.54) is 18.5 Å². The molecule has 6 heterocycles. The third kappa shape index (κ3) is 7.05. The molecule has 4 aliphatic heterocycles. The number of hydrogen-bond donors (Lipinski definition) is 0. The van der Waals surface area contributed by atoms with Crippen molar-refractivity contribution in [3.05, 3.63) is 46.9 Å². The Labute approximate surface area is 311 Å². The Hall–Kier alpha value is -4.00. The van der Waals surface area contributed by atoms with Crippen molar-refractivity contribution >= 4 is 23.5 Å². The Morgan fingerprint density at radius 2 is 1.79 bits per heavy atom. The molecule has 0 N–H and O–H groups in total. The van der Waals surface area contributed by atoms with Crippen LogP contribution >= 0.6 is 0 Å². The van der Waals surface area contributed by atoms with Crippen LogP contribution in [0.4, 0.5) is 25.1 Å². The molecule has 2 aromatic heterocycles. The molecule has 2 amide bonds. The number of carbonyl (C=O) groups excluding carboxylic acids is 2. The van der Waals surface area contributed by atoms with Crippen molar-refractivity contribution in [3.63, 3.8) is 0 Å². The Bertz CT molecular complexity index is 1870. The Balaban J connectivity index is 1.02. The van der Waals surface area contributed by atoms with Gasteiger partial charge in [-0.1, -0.05) is 0 Å². The molecule has 1 atom stereocenters. The van der Waals surface area contributed by atoms with Crippen molar-refractivity contribution < 1.29 is 23.1 Å². The third-order valence-electron chi connectivity index (χ3n) is 12.4. The molecular weight excluding hydrogens is 678 g/mol. The lowest BCUT2D eigenvalue weighted by atomic mass is 9.81. The molecule has 3 fully saturated rings. The fraction of sp³-hybridized carbons (Fsp3) is 0.650. The number of carbonyl (C=O) groups is 2. The summed E-state index contributed by atoms with van der Waals surface area (Å²) < 4.78 is 38.9. The minimum Gasteiger partial charge on any atom is -0.444 e. The number of alkyl halides is 2. The van der Waals surface area contributed by atoms with Gasteiger partial charge in [-0.25, -0.2) is 13.6 Å². The van der Waals surface area contributed by atoms with E-state index in [4.69, 9.17) is 9.84 Å². The van der Waals surface area contributed by atoms with Crippen LogP contribution in [0.25, 0.3) is 11.1 Å². The van der Waals surface area contributed by atoms with Crippen molar-refractivity contribution in [2.75, 3.05) is 50.7 Å². The molecule has 1 unspecified atom stereocenters. The average molecular weight is 733 g/mol. The standard InChI is InChI=1S/C40H54F2N8O3/c1-26(51)47-18-11-34-33(24-47)37(49-14-6-7-27-19-31(28-21-43-45(5)22-28)32(36(41)42)20-35(27)49)44-50(34)30-9-15-46(16-10-30)23-29-8-17-48(25-40(29)12-13-40)38(52)53-39(2,3)4/h19-22,29-30,36H,6-18,23-25H2,1-5H3. The highest BCUT2D eigenvalue weighted by Gasteiger charge is 2.53. The zero-order valence-electron chi connectivity index (χ0n) is 31.9. The number of nitrogens with zero attached hydrogens (tertiary/aromatic N) is 8. The van der Waals surface area contributed by atoms with Gasteiger partial charge in [0.1, 0.15) is 5.60 Å². The summed E-state index contributed by atoms with van der Waals surface area (Å²) in [6, 6.07) is 3.82. The normalized spacial score (nSPS) is 22.0. The molecule has 1 aliphatic carbocycles. The fourth-order valence-electron chi connectivity index (χ4n) is 9.43. The maximum atomic E-state index is 14.7. The number of piperidine rings is 2. The molecular formula is C40H54F2N8O3. The van der Waals surface area contributed by atoms with Crippen LogP contribution < -0.4 is 4.90 Å². The van der Waals surface area contributed by atoms with Crippen molar-refractivity contribution in [1.29, 1.82) is 0 Å². The molecule has 1 saturated carbocycles. The number of amides is 2. The monoisotopic (exact) mass is 732 g/mol. The summed E-state index contributed by atoms with van der Waals surface area (Å²) in [6.45, 7) is 13.8. The fourth-order valence-corrected chi connectivity index (χ4v) is 9.43. The van der Waals surface area contributed by atoms with Gasteiger partial charge in [0.25, 0.3) is 6.43 Å². The molecule has 8 rings (SSSR count). The zero-order valence-corrected chi connectivity index (χ0v) is 31.9. The topological polar surface area (TPSA) is 92.0 Å². The van der Waals surface area contributed by atoms with Crippen LogP contribution in [0.1, 0.15) is 101 Å². The molecule has 5 aliphatic rings. The lowest BCUT2D eigenvalue weighted by Gasteiger charge is -2.43. The first-order valence-electron chi connectivity index (χ1n) is 19.6. The highest BCUT2D eigenvalue weighted by atomic mass is 19.3. The first-order valence-corrected chi connectivity index (χ1v) is 19.6. The molecule has 53 heavy (non-hydrogen) atoms. The number of aromatic nitrogens is 4. The molecule has 2 saturated heterocycles. The third-order valence-corrected chi connectivity index (χ3v) is 12.4. The number of halogens is 2. The van der Waals surface area contributed by atoms with Gasteiger partial charge < -0.3 is 24.3 Å². The molecule has 11 nitrogen and oxygen atoms in total. The summed E-state index contributed by atoms with van der Waals surface area (Å²) in [5, 5.41) is 9.59. The van der Waals surface area contributed by atoms with Gasteiger partial charge >= 0.3 is 6.09 Å². The van der Waals surface area contributed by atoms with Crippen LogP contribution in [0.5, 0.6) is 0 Å². The van der Waals surface area contributed by atoms with Gasteiger partial charge in [-0.2, -0.15) is 10.2 Å². The number of ether oxygens (including phenoxy) is 1. The van der Waals surface area contributed by atoms with Gasteiger partial charge in [0.05, 0.1) is 18.8 Å². The molecule has 3 aromatic rings. The molecule has 1 aromatic carbocycles. The van der Waals surface area contributed by atoms with Gasteiger partial charge in [-0.3, -0.25) is 14.2 Å². The molecule has 13 heteroatoms. The van der Waals surface area contributed by atoms with Gasteiger partial charge in [-0.15, -0.1) is 0 Å². The van der Waals surface area contributed by atoms with E-state index in [2.05, 4.69) is 19.6 Å². The first-order chi connectivity index (χ1) is 25.3. The van der Waals surface area contributed by atoms with Crippen LogP contribution in [0.3, 0.4) is 0 Å². The van der Waals surface area contributed by atoms with Gasteiger partial charge in [-0.05, 0) is 100 Å². The van der Waals surface area contributed by atoms with E-state index in [1.54, 1.807) is 37.1 Å². The Morgan fingerprint density at radius 3 is 2.45 bits per heavy atom. The number of fused-ring (bicyclic) bond motifs is 2. The SMILES string of the molecule is CC(=O)N1CCc2c(c(N3CCCc4cc(-c5cnn(C)c5)c(C(F)F)cc43)nn2C2CCN(CC3CCN(C(=O)OC(C)(C)C)CC34CC4)CC2)C1. The van der Waals surface area contributed by atoms with Crippen LogP contribution in [0.2, 0.25) is 0 Å². The van der Waals surface area contributed by atoms with Crippen LogP contribution in [0.15, 0.2) is 24.5 Å². The summed E-state index contributed by atoms with van der Waals surface area (Å²) in [5.74, 6) is 1.42. The van der Waals surface area contributed by atoms with Crippen molar-refractivity contribution in [1.82, 2.24) is 34.3 Å². The van der Waals surface area contributed by atoms with Gasteiger partial charge in [0, 0.05) is 100 Å². The van der Waals surface area contributed by atoms with E-state index in [-0.39, 0.29) is 29.0 Å². The molecule has 0 radical (unpaired) electrons. The van der Waals surface area contributed by atoms with Gasteiger partial charge in [0.15, 0.2) is 5.82 Å². The predicted octanol–water partition coefficient (Wildman–Crippen LogP) is 6.88. The van der Waals surface area contributed by atoms with Crippen molar-refractivity contribution in [2.45, 2.75) is 104 Å². The van der Waals surface area contributed by atoms with Crippen molar-refractivity contribution in [2.24, 2.45) is 18.4 Å². The lowest BCUT2D eigenvalue weighted by Crippen LogP contribution is -2.50. The number of rotatable bonds is 6. The maximum Gasteiger partial charge on any atom is 0.410 e. The maximum absolute atomic E-state index is 14.7. The Morgan fingerprint density at radius 1 is 1.02 bits per heavy atom. The summed E-state index contributed by atoms with van der Waals surface area (Å²) in [4.78, 5) is 34.0. The van der Waals surface area contributed by atoms with Crippen LogP contribution in [0, 0.1) is 11.3 Å². The van der Waals surface area contributed by atoms with Gasteiger partial charge in [0.2, 0.25) is 5.91 Å². The smallest absolute Gasteiger partial charge is 0.410 e. The van der Waals surface area contributed by atoms with E-state index in [0.717, 1.165) is 93.9 Å². The molecule has 286 valence electrons. The zero-order chi connectivity index (χ0) is 37.2. The van der Waals surface area contributed by atoms with E-state index in [9.17, 15) is 18.4 Å². The van der Waals surface area contributed by atoms with Crippen LogP contribution in [-0.4, -0.2) is 97.7 Å². The number of hydrogen-bond acceptors (Lipinski definition) is 7. The van der Waals surface area contributed by atoms with E-state index in [0.29, 0.717) is 36.7 Å². The minimum absolute atomic E-state index is 0.00169. The number of aryl methyl sites for hydroxylation is 2.